The van der Waals surface area contributed by atoms with Crippen molar-refractivity contribution in [1.82, 2.24) is 0 Å². The van der Waals surface area contributed by atoms with Gasteiger partial charge >= 0.3 is 0 Å². The molecule has 1 heterocycles. The normalized spacial score (nSPS) is 15.6. The molecule has 1 saturated heterocycles. The number of fused-ring (bicyclic) bond motifs is 1. The Morgan fingerprint density at radius 1 is 1.14 bits per heavy atom. The van der Waals surface area contributed by atoms with Gasteiger partial charge in [-0.3, -0.25) is 9.69 Å². The average Bonchev–Trinajstić information content (AvgIpc) is 2.97. The van der Waals surface area contributed by atoms with Crippen molar-refractivity contribution in [2.75, 3.05) is 11.5 Å². The van der Waals surface area contributed by atoms with Crippen LogP contribution >= 0.6 is 69.2 Å². The smallest absolute Gasteiger partial charge is 0.270 e. The highest BCUT2D eigenvalue weighted by molar-refractivity contribution is 14.1. The van der Waals surface area contributed by atoms with Gasteiger partial charge in [-0.05, 0) is 81.8 Å². The van der Waals surface area contributed by atoms with Gasteiger partial charge in [-0.25, -0.2) is 0 Å². The molecule has 7 heteroatoms. The molecule has 0 spiro atoms. The van der Waals surface area contributed by atoms with E-state index in [1.54, 1.807) is 4.90 Å². The highest BCUT2D eigenvalue weighted by Gasteiger charge is 2.34. The largest absolute Gasteiger partial charge is 0.492 e. The number of anilines is 1. The van der Waals surface area contributed by atoms with Crippen LogP contribution in [0, 0.1) is 7.14 Å². The minimum atomic E-state index is -0.104. The van der Waals surface area contributed by atoms with E-state index in [0.29, 0.717) is 15.8 Å². The Morgan fingerprint density at radius 3 is 2.69 bits per heavy atom. The predicted octanol–water partition coefficient (Wildman–Crippen LogP) is 6.85. The lowest BCUT2D eigenvalue weighted by Gasteiger charge is -2.17. The number of thioether (sulfide) groups is 1. The first kappa shape index (κ1) is 21.1. The first-order valence-electron chi connectivity index (χ1n) is 8.87. The van der Waals surface area contributed by atoms with Crippen molar-refractivity contribution < 1.29 is 9.53 Å². The second-order valence-electron chi connectivity index (χ2n) is 6.25. The summed E-state index contributed by atoms with van der Waals surface area (Å²) in [5.74, 6) is 0.691. The monoisotopic (exact) mass is 643 g/mol. The Bertz CT molecular complexity index is 1170. The molecule has 146 valence electrons. The van der Waals surface area contributed by atoms with Crippen LogP contribution in [0.5, 0.6) is 5.75 Å². The summed E-state index contributed by atoms with van der Waals surface area (Å²) >= 11 is 11.5. The standard InChI is InChI=1S/C22H15I2NO2S2/c1-2-27-20-14(10-15(23)12-17(20)24)11-19-21(26)25(22(28)29-19)18-9-5-7-13-6-3-4-8-16(13)18/h3-12H,2H2,1H3/b19-11-. The first-order valence-corrected chi connectivity index (χ1v) is 12.3. The lowest BCUT2D eigenvalue weighted by atomic mass is 10.1. The van der Waals surface area contributed by atoms with E-state index in [-0.39, 0.29) is 5.91 Å². The fourth-order valence-corrected chi connectivity index (χ4v) is 6.53. The van der Waals surface area contributed by atoms with Crippen LogP contribution in [-0.2, 0) is 4.79 Å². The van der Waals surface area contributed by atoms with Crippen molar-refractivity contribution in [3.63, 3.8) is 0 Å². The summed E-state index contributed by atoms with van der Waals surface area (Å²) in [5.41, 5.74) is 1.71. The minimum Gasteiger partial charge on any atom is -0.492 e. The topological polar surface area (TPSA) is 29.5 Å². The molecule has 0 N–H and O–H groups in total. The molecule has 1 amide bonds. The molecule has 0 unspecified atom stereocenters. The van der Waals surface area contributed by atoms with Crippen molar-refractivity contribution in [3.05, 3.63) is 72.2 Å². The molecule has 1 aliphatic heterocycles. The molecule has 0 aromatic heterocycles. The molecule has 0 aliphatic carbocycles. The predicted molar refractivity (Wildman–Crippen MR) is 143 cm³/mol. The van der Waals surface area contributed by atoms with Gasteiger partial charge in [0.25, 0.3) is 5.91 Å². The number of hydrogen-bond donors (Lipinski definition) is 0. The van der Waals surface area contributed by atoms with Gasteiger partial charge in [0.05, 0.1) is 20.8 Å². The van der Waals surface area contributed by atoms with Gasteiger partial charge in [-0.1, -0.05) is 60.4 Å². The Labute approximate surface area is 206 Å². The number of thiocarbonyl (C=S) groups is 1. The van der Waals surface area contributed by atoms with Crippen LogP contribution in [0.2, 0.25) is 0 Å². The molecule has 0 atom stereocenters. The summed E-state index contributed by atoms with van der Waals surface area (Å²) in [6.07, 6.45) is 1.89. The summed E-state index contributed by atoms with van der Waals surface area (Å²) in [4.78, 5) is 15.5. The van der Waals surface area contributed by atoms with Gasteiger partial charge in [-0.15, -0.1) is 0 Å². The molecule has 0 bridgehead atoms. The second kappa shape index (κ2) is 8.91. The number of hydrogen-bond acceptors (Lipinski definition) is 4. The van der Waals surface area contributed by atoms with Crippen molar-refractivity contribution in [2.45, 2.75) is 6.92 Å². The Morgan fingerprint density at radius 2 is 1.90 bits per heavy atom. The number of rotatable bonds is 4. The van der Waals surface area contributed by atoms with Gasteiger partial charge in [0.1, 0.15) is 5.75 Å². The molecular formula is C22H15I2NO2S2. The molecule has 3 nitrogen and oxygen atoms in total. The van der Waals surface area contributed by atoms with Crippen molar-refractivity contribution >= 4 is 102 Å². The lowest BCUT2D eigenvalue weighted by molar-refractivity contribution is -0.113. The van der Waals surface area contributed by atoms with Crippen molar-refractivity contribution in [3.8, 4) is 5.75 Å². The van der Waals surface area contributed by atoms with Crippen molar-refractivity contribution in [2.24, 2.45) is 0 Å². The molecule has 3 aromatic carbocycles. The third-order valence-electron chi connectivity index (χ3n) is 4.41. The zero-order valence-corrected chi connectivity index (χ0v) is 21.3. The van der Waals surface area contributed by atoms with Gasteiger partial charge < -0.3 is 4.74 Å². The number of amides is 1. The van der Waals surface area contributed by atoms with Crippen LogP contribution in [0.25, 0.3) is 16.8 Å². The van der Waals surface area contributed by atoms with Crippen LogP contribution in [0.1, 0.15) is 12.5 Å². The van der Waals surface area contributed by atoms with E-state index in [0.717, 1.165) is 34.9 Å². The molecule has 1 fully saturated rings. The molecule has 0 saturated carbocycles. The number of nitrogens with zero attached hydrogens (tertiary/aromatic N) is 1. The lowest BCUT2D eigenvalue weighted by Crippen LogP contribution is -2.27. The van der Waals surface area contributed by atoms with E-state index in [1.807, 2.05) is 61.5 Å². The van der Waals surface area contributed by atoms with E-state index < -0.39 is 0 Å². The van der Waals surface area contributed by atoms with Crippen LogP contribution in [-0.4, -0.2) is 16.8 Å². The molecular weight excluding hydrogens is 628 g/mol. The van der Waals surface area contributed by atoms with E-state index >= 15 is 0 Å². The zero-order valence-electron chi connectivity index (χ0n) is 15.3. The molecule has 29 heavy (non-hydrogen) atoms. The van der Waals surface area contributed by atoms with Crippen LogP contribution in [0.4, 0.5) is 5.69 Å². The third kappa shape index (κ3) is 4.19. The van der Waals surface area contributed by atoms with Gasteiger partial charge in [0, 0.05) is 14.5 Å². The zero-order chi connectivity index (χ0) is 20.5. The van der Waals surface area contributed by atoms with E-state index in [1.165, 1.54) is 11.8 Å². The Kier molecular flexibility index (Phi) is 6.47. The maximum Gasteiger partial charge on any atom is 0.270 e. The van der Waals surface area contributed by atoms with Crippen LogP contribution in [0.15, 0.2) is 59.5 Å². The molecule has 4 rings (SSSR count). The van der Waals surface area contributed by atoms with E-state index in [2.05, 4.69) is 51.2 Å². The highest BCUT2D eigenvalue weighted by atomic mass is 127. The van der Waals surface area contributed by atoms with Gasteiger partial charge in [-0.2, -0.15) is 0 Å². The Hall–Kier alpha value is -1.17. The Balaban J connectivity index is 1.78. The van der Waals surface area contributed by atoms with E-state index in [9.17, 15) is 4.79 Å². The fraction of sp³-hybridized carbons (Fsp3) is 0.0909. The third-order valence-corrected chi connectivity index (χ3v) is 7.14. The minimum absolute atomic E-state index is 0.104. The van der Waals surface area contributed by atoms with E-state index in [4.69, 9.17) is 17.0 Å². The highest BCUT2D eigenvalue weighted by Crippen LogP contribution is 2.40. The summed E-state index contributed by atoms with van der Waals surface area (Å²) in [7, 11) is 0. The average molecular weight is 643 g/mol. The number of ether oxygens (including phenoxy) is 1. The maximum absolute atomic E-state index is 13.3. The summed E-state index contributed by atoms with van der Waals surface area (Å²) < 4.78 is 8.49. The molecule has 1 aliphatic rings. The number of benzene rings is 3. The van der Waals surface area contributed by atoms with Gasteiger partial charge in [0.15, 0.2) is 4.32 Å². The second-order valence-corrected chi connectivity index (χ2v) is 10.3. The maximum atomic E-state index is 13.3. The quantitative estimate of drug-likeness (QED) is 0.177. The fourth-order valence-electron chi connectivity index (χ4n) is 3.20. The summed E-state index contributed by atoms with van der Waals surface area (Å²) in [6, 6.07) is 18.0. The SMILES string of the molecule is CCOc1c(I)cc(I)cc1/C=C1\SC(=S)N(c2cccc3ccccc23)C1=O. The van der Waals surface area contributed by atoms with Crippen molar-refractivity contribution in [1.29, 1.82) is 0 Å². The number of carbonyl (C=O) groups excluding carboxylic acids is 1. The van der Waals surface area contributed by atoms with Gasteiger partial charge in [0.2, 0.25) is 0 Å². The number of carbonyl (C=O) groups is 1. The first-order chi connectivity index (χ1) is 14.0. The van der Waals surface area contributed by atoms with Crippen LogP contribution in [0.3, 0.4) is 0 Å². The summed E-state index contributed by atoms with van der Waals surface area (Å²) in [5, 5.41) is 2.08. The molecule has 0 radical (unpaired) electrons. The number of halogens is 2. The molecule has 3 aromatic rings. The van der Waals surface area contributed by atoms with Crippen LogP contribution < -0.4 is 9.64 Å². The summed E-state index contributed by atoms with van der Waals surface area (Å²) in [6.45, 7) is 2.52.